The second kappa shape index (κ2) is 5.68. The molecule has 1 N–H and O–H groups in total. The number of hydrogen-bond acceptors (Lipinski definition) is 4. The van der Waals surface area contributed by atoms with Gasteiger partial charge in [0.2, 0.25) is 0 Å². The van der Waals surface area contributed by atoms with Crippen LogP contribution >= 0.6 is 0 Å². The van der Waals surface area contributed by atoms with Crippen LogP contribution in [0.5, 0.6) is 0 Å². The maximum atomic E-state index is 12.7. The molecule has 0 radical (unpaired) electrons. The number of rotatable bonds is 2. The minimum absolute atomic E-state index is 0.0535. The number of carbonyl (C=O) groups excluding carboxylic acids is 1. The molecule has 0 bridgehead atoms. The first-order valence-electron chi connectivity index (χ1n) is 7.15. The molecule has 1 unspecified atom stereocenters. The van der Waals surface area contributed by atoms with Crippen LogP contribution in [0.4, 0.5) is 0 Å². The summed E-state index contributed by atoms with van der Waals surface area (Å²) in [6.45, 7) is 0.289. The van der Waals surface area contributed by atoms with Crippen molar-refractivity contribution in [2.24, 2.45) is 7.05 Å². The van der Waals surface area contributed by atoms with Crippen molar-refractivity contribution < 1.29 is 14.7 Å². The van der Waals surface area contributed by atoms with E-state index in [2.05, 4.69) is 5.10 Å². The fourth-order valence-corrected chi connectivity index (χ4v) is 2.82. The summed E-state index contributed by atoms with van der Waals surface area (Å²) in [6, 6.07) is 8.72. The highest BCUT2D eigenvalue weighted by Crippen LogP contribution is 2.30. The normalized spacial score (nSPS) is 16.7. The summed E-state index contributed by atoms with van der Waals surface area (Å²) in [5, 5.41) is 13.5. The van der Waals surface area contributed by atoms with Crippen molar-refractivity contribution in [3.63, 3.8) is 0 Å². The molecule has 2 heterocycles. The molecule has 7 heteroatoms. The maximum absolute atomic E-state index is 12.7. The molecule has 23 heavy (non-hydrogen) atoms. The minimum atomic E-state index is -1.09. The second-order valence-electron chi connectivity index (χ2n) is 5.37. The van der Waals surface area contributed by atoms with E-state index in [9.17, 15) is 19.5 Å². The fourth-order valence-electron chi connectivity index (χ4n) is 2.82. The molecule has 0 aliphatic carbocycles. The van der Waals surface area contributed by atoms with E-state index in [1.807, 2.05) is 12.1 Å². The van der Waals surface area contributed by atoms with E-state index in [0.717, 1.165) is 10.2 Å². The van der Waals surface area contributed by atoms with Crippen LogP contribution in [0, 0.1) is 0 Å². The summed E-state index contributed by atoms with van der Waals surface area (Å²) in [6.07, 6.45) is 0.581. The van der Waals surface area contributed by atoms with Gasteiger partial charge in [0.05, 0.1) is 0 Å². The van der Waals surface area contributed by atoms with Crippen LogP contribution in [0.3, 0.4) is 0 Å². The van der Waals surface area contributed by atoms with Crippen molar-refractivity contribution in [3.05, 3.63) is 63.6 Å². The Morgan fingerprint density at radius 2 is 1.96 bits per heavy atom. The number of aliphatic carboxylic acids is 1. The Morgan fingerprint density at radius 3 is 2.65 bits per heavy atom. The first-order chi connectivity index (χ1) is 11.0. The minimum Gasteiger partial charge on any atom is -0.479 e. The summed E-state index contributed by atoms with van der Waals surface area (Å²) < 4.78 is 1.06. The first kappa shape index (κ1) is 15.0. The monoisotopic (exact) mass is 313 g/mol. The Balaban J connectivity index is 2.01. The van der Waals surface area contributed by atoms with Gasteiger partial charge >= 0.3 is 5.97 Å². The van der Waals surface area contributed by atoms with E-state index in [4.69, 9.17) is 0 Å². The molecule has 0 saturated carbocycles. The Hall–Kier alpha value is -2.96. The Kier molecular flexibility index (Phi) is 3.69. The van der Waals surface area contributed by atoms with Gasteiger partial charge in [-0.3, -0.25) is 9.59 Å². The number of amides is 1. The van der Waals surface area contributed by atoms with Crippen LogP contribution in [0.25, 0.3) is 0 Å². The van der Waals surface area contributed by atoms with E-state index in [1.165, 1.54) is 24.1 Å². The molecular formula is C16H15N3O4. The molecule has 0 spiro atoms. The van der Waals surface area contributed by atoms with E-state index in [1.54, 1.807) is 12.1 Å². The molecule has 1 atom stereocenters. The Morgan fingerprint density at radius 1 is 1.22 bits per heavy atom. The van der Waals surface area contributed by atoms with Gasteiger partial charge in [-0.2, -0.15) is 5.10 Å². The highest BCUT2D eigenvalue weighted by Gasteiger charge is 2.36. The van der Waals surface area contributed by atoms with Crippen molar-refractivity contribution in [1.29, 1.82) is 0 Å². The molecule has 1 amide bonds. The van der Waals surface area contributed by atoms with Crippen LogP contribution in [0.1, 0.15) is 27.7 Å². The summed E-state index contributed by atoms with van der Waals surface area (Å²) >= 11 is 0. The van der Waals surface area contributed by atoms with Crippen molar-refractivity contribution in [3.8, 4) is 0 Å². The molecule has 0 fully saturated rings. The summed E-state index contributed by atoms with van der Waals surface area (Å²) in [4.78, 5) is 37.1. The SMILES string of the molecule is Cn1nc(C(=O)N2CCc3ccccc3C2C(=O)O)ccc1=O. The second-order valence-corrected chi connectivity index (χ2v) is 5.37. The van der Waals surface area contributed by atoms with Crippen LogP contribution in [-0.2, 0) is 18.3 Å². The van der Waals surface area contributed by atoms with Gasteiger partial charge in [0.25, 0.3) is 11.5 Å². The van der Waals surface area contributed by atoms with Gasteiger partial charge in [-0.15, -0.1) is 0 Å². The van der Waals surface area contributed by atoms with Gasteiger partial charge in [-0.25, -0.2) is 9.48 Å². The van der Waals surface area contributed by atoms with E-state index >= 15 is 0 Å². The van der Waals surface area contributed by atoms with E-state index < -0.39 is 17.9 Å². The van der Waals surface area contributed by atoms with Crippen molar-refractivity contribution in [1.82, 2.24) is 14.7 Å². The van der Waals surface area contributed by atoms with E-state index in [-0.39, 0.29) is 17.8 Å². The number of aromatic nitrogens is 2. The molecule has 1 aromatic heterocycles. The molecule has 7 nitrogen and oxygen atoms in total. The third-order valence-corrected chi connectivity index (χ3v) is 3.96. The predicted molar refractivity (Wildman–Crippen MR) is 81.0 cm³/mol. The number of carbonyl (C=O) groups is 2. The summed E-state index contributed by atoms with van der Waals surface area (Å²) in [5.41, 5.74) is 1.26. The summed E-state index contributed by atoms with van der Waals surface area (Å²) in [5.74, 6) is -1.59. The van der Waals surface area contributed by atoms with Crippen molar-refractivity contribution >= 4 is 11.9 Å². The zero-order valence-corrected chi connectivity index (χ0v) is 12.5. The molecule has 1 aromatic carbocycles. The molecule has 1 aliphatic heterocycles. The lowest BCUT2D eigenvalue weighted by molar-refractivity contribution is -0.143. The quantitative estimate of drug-likeness (QED) is 0.876. The topological polar surface area (TPSA) is 92.5 Å². The number of aryl methyl sites for hydroxylation is 1. The first-order valence-corrected chi connectivity index (χ1v) is 7.15. The van der Waals surface area contributed by atoms with Gasteiger partial charge in [-0.1, -0.05) is 24.3 Å². The number of carboxylic acids is 1. The fraction of sp³-hybridized carbons (Fsp3) is 0.250. The number of benzene rings is 1. The van der Waals surface area contributed by atoms with Gasteiger partial charge < -0.3 is 10.0 Å². The molecule has 2 aromatic rings. The van der Waals surface area contributed by atoms with Gasteiger partial charge in [0.15, 0.2) is 6.04 Å². The maximum Gasteiger partial charge on any atom is 0.331 e. The van der Waals surface area contributed by atoms with Gasteiger partial charge in [0.1, 0.15) is 5.69 Å². The van der Waals surface area contributed by atoms with Crippen LogP contribution < -0.4 is 5.56 Å². The number of fused-ring (bicyclic) bond motifs is 1. The number of carboxylic acid groups (broad SMARTS) is 1. The number of hydrogen-bond donors (Lipinski definition) is 1. The van der Waals surface area contributed by atoms with Gasteiger partial charge in [-0.05, 0) is 23.6 Å². The lowest BCUT2D eigenvalue weighted by atomic mass is 9.92. The molecule has 118 valence electrons. The third-order valence-electron chi connectivity index (χ3n) is 3.96. The third kappa shape index (κ3) is 2.61. The lowest BCUT2D eigenvalue weighted by Crippen LogP contribution is -2.44. The van der Waals surface area contributed by atoms with Crippen molar-refractivity contribution in [2.75, 3.05) is 6.54 Å². The standard InChI is InChI=1S/C16H15N3O4/c1-18-13(20)7-6-12(17-18)15(21)19-9-8-10-4-2-3-5-11(10)14(19)16(22)23/h2-7,14H,8-9H2,1H3,(H,22,23). The van der Waals surface area contributed by atoms with Crippen LogP contribution in [0.2, 0.25) is 0 Å². The molecular weight excluding hydrogens is 298 g/mol. The van der Waals surface area contributed by atoms with Gasteiger partial charge in [0, 0.05) is 19.7 Å². The Labute approximate surface area is 131 Å². The lowest BCUT2D eigenvalue weighted by Gasteiger charge is -2.34. The predicted octanol–water partition coefficient (Wildman–Crippen LogP) is 0.605. The largest absolute Gasteiger partial charge is 0.479 e. The highest BCUT2D eigenvalue weighted by molar-refractivity contribution is 5.95. The molecule has 1 aliphatic rings. The molecule has 3 rings (SSSR count). The zero-order valence-electron chi connectivity index (χ0n) is 12.5. The molecule has 0 saturated heterocycles. The number of nitrogens with zero attached hydrogens (tertiary/aromatic N) is 3. The zero-order chi connectivity index (χ0) is 16.6. The van der Waals surface area contributed by atoms with Crippen LogP contribution in [0.15, 0.2) is 41.2 Å². The highest BCUT2D eigenvalue weighted by atomic mass is 16.4. The Bertz CT molecular complexity index is 843. The average Bonchev–Trinajstić information content (AvgIpc) is 2.55. The van der Waals surface area contributed by atoms with Crippen LogP contribution in [-0.4, -0.2) is 38.2 Å². The smallest absolute Gasteiger partial charge is 0.331 e. The average molecular weight is 313 g/mol. The van der Waals surface area contributed by atoms with E-state index in [0.29, 0.717) is 12.0 Å². The van der Waals surface area contributed by atoms with Crippen molar-refractivity contribution in [2.45, 2.75) is 12.5 Å². The summed E-state index contributed by atoms with van der Waals surface area (Å²) in [7, 11) is 1.44.